The molecule has 0 aliphatic heterocycles. The van der Waals surface area contributed by atoms with Gasteiger partial charge in [-0.1, -0.05) is 33.1 Å². The van der Waals surface area contributed by atoms with Crippen molar-refractivity contribution in [3.63, 3.8) is 0 Å². The van der Waals surface area contributed by atoms with Gasteiger partial charge >= 0.3 is 5.97 Å². The number of thiophene rings is 1. The van der Waals surface area contributed by atoms with Crippen LogP contribution < -0.4 is 10.6 Å². The molecular weight excluding hydrogens is 376 g/mol. The van der Waals surface area contributed by atoms with Crippen LogP contribution in [0.25, 0.3) is 0 Å². The van der Waals surface area contributed by atoms with Gasteiger partial charge in [0.2, 0.25) is 0 Å². The van der Waals surface area contributed by atoms with Crippen LogP contribution in [0.1, 0.15) is 87.0 Å². The van der Waals surface area contributed by atoms with Crippen LogP contribution in [-0.2, 0) is 17.6 Å². The lowest BCUT2D eigenvalue weighted by Crippen LogP contribution is -2.36. The maximum atomic E-state index is 12.6. The predicted octanol–water partition coefficient (Wildman–Crippen LogP) is 5.69. The number of thiocarbonyl (C=S) groups is 1. The summed E-state index contributed by atoms with van der Waals surface area (Å²) in [7, 11) is 0. The Bertz CT molecular complexity index is 640. The molecule has 1 atom stereocenters. The SMILES string of the molecule is CCOC(=O)c1c(NC(=S)NC(C)CCCC(C)C)sc2c1CCCCC2. The molecule has 0 saturated carbocycles. The summed E-state index contributed by atoms with van der Waals surface area (Å²) >= 11 is 7.19. The zero-order valence-electron chi connectivity index (χ0n) is 17.2. The lowest BCUT2D eigenvalue weighted by atomic mass is 10.0. The van der Waals surface area contributed by atoms with Crippen molar-refractivity contribution in [3.8, 4) is 0 Å². The van der Waals surface area contributed by atoms with Crippen molar-refractivity contribution < 1.29 is 9.53 Å². The van der Waals surface area contributed by atoms with E-state index in [9.17, 15) is 4.79 Å². The van der Waals surface area contributed by atoms with Crippen LogP contribution in [0.3, 0.4) is 0 Å². The first-order valence-corrected chi connectivity index (χ1v) is 11.5. The second kappa shape index (κ2) is 11.0. The number of hydrogen-bond acceptors (Lipinski definition) is 4. The third-order valence-electron chi connectivity index (χ3n) is 4.92. The van der Waals surface area contributed by atoms with E-state index < -0.39 is 0 Å². The Morgan fingerprint density at radius 2 is 1.93 bits per heavy atom. The number of rotatable bonds is 8. The average molecular weight is 411 g/mol. The summed E-state index contributed by atoms with van der Waals surface area (Å²) in [4.78, 5) is 13.9. The second-order valence-electron chi connectivity index (χ2n) is 7.81. The molecule has 152 valence electrons. The summed E-state index contributed by atoms with van der Waals surface area (Å²) < 4.78 is 5.34. The molecule has 1 aromatic heterocycles. The van der Waals surface area contributed by atoms with E-state index in [2.05, 4.69) is 31.4 Å². The van der Waals surface area contributed by atoms with E-state index in [1.54, 1.807) is 11.3 Å². The smallest absolute Gasteiger partial charge is 0.341 e. The van der Waals surface area contributed by atoms with Crippen molar-refractivity contribution in [2.24, 2.45) is 5.92 Å². The average Bonchev–Trinajstić information content (AvgIpc) is 2.75. The molecule has 1 heterocycles. The number of anilines is 1. The van der Waals surface area contributed by atoms with Crippen molar-refractivity contribution in [2.75, 3.05) is 11.9 Å². The zero-order chi connectivity index (χ0) is 19.8. The van der Waals surface area contributed by atoms with Gasteiger partial charge in [0.25, 0.3) is 0 Å². The first-order valence-electron chi connectivity index (χ1n) is 10.3. The van der Waals surface area contributed by atoms with E-state index in [1.165, 1.54) is 36.1 Å². The van der Waals surface area contributed by atoms with E-state index in [0.717, 1.165) is 36.6 Å². The highest BCUT2D eigenvalue weighted by atomic mass is 32.1. The highest BCUT2D eigenvalue weighted by molar-refractivity contribution is 7.80. The fraction of sp³-hybridized carbons (Fsp3) is 0.714. The quantitative estimate of drug-likeness (QED) is 0.327. The topological polar surface area (TPSA) is 50.4 Å². The van der Waals surface area contributed by atoms with Crippen LogP contribution in [0.4, 0.5) is 5.00 Å². The predicted molar refractivity (Wildman–Crippen MR) is 119 cm³/mol. The van der Waals surface area contributed by atoms with Crippen LogP contribution in [0.2, 0.25) is 0 Å². The molecule has 0 radical (unpaired) electrons. The third-order valence-corrected chi connectivity index (χ3v) is 6.35. The van der Waals surface area contributed by atoms with Gasteiger partial charge in [-0.25, -0.2) is 4.79 Å². The van der Waals surface area contributed by atoms with E-state index in [-0.39, 0.29) is 5.97 Å². The highest BCUT2D eigenvalue weighted by Gasteiger charge is 2.26. The lowest BCUT2D eigenvalue weighted by Gasteiger charge is -2.17. The van der Waals surface area contributed by atoms with Crippen LogP contribution in [-0.4, -0.2) is 23.7 Å². The van der Waals surface area contributed by atoms with Gasteiger partial charge in [-0.2, -0.15) is 0 Å². The molecule has 0 saturated heterocycles. The number of nitrogens with one attached hydrogen (secondary N) is 2. The van der Waals surface area contributed by atoms with Gasteiger partial charge in [-0.3, -0.25) is 0 Å². The number of ether oxygens (including phenoxy) is 1. The summed E-state index contributed by atoms with van der Waals surface area (Å²) in [5, 5.41) is 8.10. The molecule has 6 heteroatoms. The molecule has 4 nitrogen and oxygen atoms in total. The fourth-order valence-corrected chi connectivity index (χ4v) is 5.17. The molecule has 2 N–H and O–H groups in total. The van der Waals surface area contributed by atoms with Gasteiger partial charge in [0.05, 0.1) is 12.2 Å². The first kappa shape index (κ1) is 22.2. The van der Waals surface area contributed by atoms with Crippen LogP contribution in [0.15, 0.2) is 0 Å². The first-order chi connectivity index (χ1) is 12.9. The van der Waals surface area contributed by atoms with Gasteiger partial charge in [0.15, 0.2) is 5.11 Å². The van der Waals surface area contributed by atoms with Crippen molar-refractivity contribution in [2.45, 2.75) is 85.1 Å². The maximum absolute atomic E-state index is 12.6. The standard InChI is InChI=1S/C21H34N2O2S2/c1-5-25-20(24)18-16-12-7-6-8-13-17(16)27-19(18)23-21(26)22-15(4)11-9-10-14(2)3/h14-15H,5-13H2,1-4H3,(H2,22,23,26). The third kappa shape index (κ3) is 6.75. The van der Waals surface area contributed by atoms with Gasteiger partial charge in [0.1, 0.15) is 5.00 Å². The monoisotopic (exact) mass is 410 g/mol. The minimum absolute atomic E-state index is 0.229. The molecule has 0 spiro atoms. The largest absolute Gasteiger partial charge is 0.462 e. The van der Waals surface area contributed by atoms with Gasteiger partial charge in [-0.15, -0.1) is 11.3 Å². The Labute approximate surface area is 173 Å². The minimum Gasteiger partial charge on any atom is -0.462 e. The number of carbonyl (C=O) groups excluding carboxylic acids is 1. The number of aryl methyl sites for hydroxylation is 1. The van der Waals surface area contributed by atoms with E-state index >= 15 is 0 Å². The lowest BCUT2D eigenvalue weighted by molar-refractivity contribution is 0.0527. The minimum atomic E-state index is -0.229. The molecule has 2 rings (SSSR count). The molecule has 1 aliphatic rings. The van der Waals surface area contributed by atoms with Crippen molar-refractivity contribution in [3.05, 3.63) is 16.0 Å². The molecule has 1 aromatic rings. The summed E-state index contributed by atoms with van der Waals surface area (Å²) in [6.45, 7) is 8.90. The molecule has 0 fully saturated rings. The maximum Gasteiger partial charge on any atom is 0.341 e. The highest BCUT2D eigenvalue weighted by Crippen LogP contribution is 2.38. The molecule has 1 unspecified atom stereocenters. The van der Waals surface area contributed by atoms with Crippen LogP contribution in [0.5, 0.6) is 0 Å². The molecule has 27 heavy (non-hydrogen) atoms. The van der Waals surface area contributed by atoms with Gasteiger partial charge in [0, 0.05) is 10.9 Å². The Kier molecular flexibility index (Phi) is 9.03. The summed E-state index contributed by atoms with van der Waals surface area (Å²) in [6, 6.07) is 0.313. The number of hydrogen-bond donors (Lipinski definition) is 2. The van der Waals surface area contributed by atoms with Gasteiger partial charge in [-0.05, 0) is 69.7 Å². The van der Waals surface area contributed by atoms with E-state index in [0.29, 0.717) is 23.3 Å². The van der Waals surface area contributed by atoms with E-state index in [4.69, 9.17) is 17.0 Å². The summed E-state index contributed by atoms with van der Waals surface area (Å²) in [6.07, 6.45) is 9.04. The van der Waals surface area contributed by atoms with Gasteiger partial charge < -0.3 is 15.4 Å². The van der Waals surface area contributed by atoms with Crippen LogP contribution >= 0.6 is 23.6 Å². The molecule has 0 aromatic carbocycles. The Balaban J connectivity index is 2.06. The zero-order valence-corrected chi connectivity index (χ0v) is 18.8. The molecular formula is C21H34N2O2S2. The van der Waals surface area contributed by atoms with Crippen molar-refractivity contribution in [1.29, 1.82) is 0 Å². The number of fused-ring (bicyclic) bond motifs is 1. The van der Waals surface area contributed by atoms with Crippen LogP contribution in [0, 0.1) is 5.92 Å². The normalized spacial score (nSPS) is 15.0. The fourth-order valence-electron chi connectivity index (χ4n) is 3.52. The second-order valence-corrected chi connectivity index (χ2v) is 9.33. The Morgan fingerprint density at radius 1 is 1.19 bits per heavy atom. The molecule has 0 bridgehead atoms. The summed E-state index contributed by atoms with van der Waals surface area (Å²) in [5.74, 6) is 0.503. The van der Waals surface area contributed by atoms with Crippen molar-refractivity contribution in [1.82, 2.24) is 5.32 Å². The Morgan fingerprint density at radius 3 is 2.63 bits per heavy atom. The summed E-state index contributed by atoms with van der Waals surface area (Å²) in [5.41, 5.74) is 1.88. The Hall–Kier alpha value is -1.14. The van der Waals surface area contributed by atoms with E-state index in [1.807, 2.05) is 6.92 Å². The molecule has 0 amide bonds. The molecule has 1 aliphatic carbocycles. The number of esters is 1. The van der Waals surface area contributed by atoms with Crippen molar-refractivity contribution >= 4 is 39.6 Å². The number of carbonyl (C=O) groups is 1.